The summed E-state index contributed by atoms with van der Waals surface area (Å²) in [6.07, 6.45) is 0.901. The van der Waals surface area contributed by atoms with Crippen molar-refractivity contribution in [3.8, 4) is 0 Å². The van der Waals surface area contributed by atoms with Gasteiger partial charge in [-0.2, -0.15) is 0 Å². The number of carboxylic acids is 1. The maximum Gasteiger partial charge on any atom is 0.305 e. The second-order valence-electron chi connectivity index (χ2n) is 5.14. The van der Waals surface area contributed by atoms with Crippen LogP contribution >= 0.6 is 0 Å². The van der Waals surface area contributed by atoms with E-state index in [9.17, 15) is 18.0 Å². The zero-order chi connectivity index (χ0) is 16.6. The van der Waals surface area contributed by atoms with Crippen LogP contribution in [0.5, 0.6) is 0 Å². The van der Waals surface area contributed by atoms with Gasteiger partial charge in [0.25, 0.3) is 0 Å². The average Bonchev–Trinajstić information content (AvgIpc) is 2.45. The molecule has 0 unspecified atom stereocenters. The lowest BCUT2D eigenvalue weighted by atomic mass is 10.1. The Morgan fingerprint density at radius 3 is 2.41 bits per heavy atom. The summed E-state index contributed by atoms with van der Waals surface area (Å²) in [5.74, 6) is -2.22. The zero-order valence-electron chi connectivity index (χ0n) is 12.6. The third kappa shape index (κ3) is 7.21. The van der Waals surface area contributed by atoms with Crippen molar-refractivity contribution in [2.45, 2.75) is 19.3 Å². The van der Waals surface area contributed by atoms with E-state index in [0.717, 1.165) is 10.5 Å². The Morgan fingerprint density at radius 1 is 1.18 bits per heavy atom. The molecule has 0 saturated heterocycles. The first-order valence-electron chi connectivity index (χ1n) is 7.00. The topological polar surface area (TPSA) is 91.8 Å². The van der Waals surface area contributed by atoms with Crippen LogP contribution in [0.4, 0.5) is 0 Å². The van der Waals surface area contributed by atoms with Crippen LogP contribution < -0.4 is 0 Å². The quantitative estimate of drug-likeness (QED) is 0.729. The normalized spacial score (nSPS) is 11.1. The summed E-state index contributed by atoms with van der Waals surface area (Å²) in [4.78, 5) is 23.3. The van der Waals surface area contributed by atoms with Gasteiger partial charge in [-0.3, -0.25) is 9.59 Å². The molecule has 0 fully saturated rings. The highest BCUT2D eigenvalue weighted by Crippen LogP contribution is 2.05. The number of carboxylic acid groups (broad SMARTS) is 1. The number of carbonyl (C=O) groups excluding carboxylic acids is 1. The summed E-state index contributed by atoms with van der Waals surface area (Å²) in [6.45, 7) is 0.00764. The molecule has 0 aromatic heterocycles. The molecule has 1 aromatic rings. The molecule has 6 nitrogen and oxygen atoms in total. The molecule has 0 bridgehead atoms. The molecule has 0 aliphatic heterocycles. The van der Waals surface area contributed by atoms with E-state index in [-0.39, 0.29) is 18.7 Å². The molecule has 0 saturated carbocycles. The summed E-state index contributed by atoms with van der Waals surface area (Å²) in [7, 11) is -2.07. The average molecular weight is 327 g/mol. The monoisotopic (exact) mass is 327 g/mol. The van der Waals surface area contributed by atoms with Crippen molar-refractivity contribution >= 4 is 21.7 Å². The van der Waals surface area contributed by atoms with E-state index < -0.39 is 27.5 Å². The lowest BCUT2D eigenvalue weighted by molar-refractivity contribution is -0.137. The van der Waals surface area contributed by atoms with Crippen molar-refractivity contribution in [1.29, 1.82) is 0 Å². The number of aliphatic carboxylic acids is 1. The molecule has 1 N–H and O–H groups in total. The second-order valence-corrected chi connectivity index (χ2v) is 7.32. The smallest absolute Gasteiger partial charge is 0.305 e. The van der Waals surface area contributed by atoms with E-state index in [2.05, 4.69) is 0 Å². The van der Waals surface area contributed by atoms with Crippen LogP contribution in [-0.4, -0.2) is 55.4 Å². The molecular formula is C15H21NO5S. The third-order valence-corrected chi connectivity index (χ3v) is 4.79. The van der Waals surface area contributed by atoms with Crippen molar-refractivity contribution in [2.75, 3.05) is 25.1 Å². The Morgan fingerprint density at radius 2 is 1.82 bits per heavy atom. The van der Waals surface area contributed by atoms with Crippen molar-refractivity contribution in [1.82, 2.24) is 4.90 Å². The van der Waals surface area contributed by atoms with Gasteiger partial charge in [0, 0.05) is 13.6 Å². The zero-order valence-corrected chi connectivity index (χ0v) is 13.4. The fourth-order valence-electron chi connectivity index (χ4n) is 1.90. The van der Waals surface area contributed by atoms with Crippen LogP contribution in [0.2, 0.25) is 0 Å². The summed E-state index contributed by atoms with van der Waals surface area (Å²) < 4.78 is 23.8. The number of sulfone groups is 1. The number of rotatable bonds is 9. The standard InChI is InChI=1S/C15H21NO5S/c1-16(10-9-15(18)19)14(17)12-22(20,21)11-5-8-13-6-3-2-4-7-13/h2-4,6-7H,5,8-12H2,1H3,(H,18,19). The molecule has 0 aliphatic carbocycles. The van der Waals surface area contributed by atoms with Gasteiger partial charge >= 0.3 is 5.97 Å². The number of amides is 1. The van der Waals surface area contributed by atoms with Crippen LogP contribution in [0.15, 0.2) is 30.3 Å². The van der Waals surface area contributed by atoms with E-state index >= 15 is 0 Å². The first-order chi connectivity index (χ1) is 10.3. The van der Waals surface area contributed by atoms with Gasteiger partial charge < -0.3 is 10.0 Å². The molecule has 0 atom stereocenters. The number of nitrogens with zero attached hydrogens (tertiary/aromatic N) is 1. The van der Waals surface area contributed by atoms with Gasteiger partial charge in [-0.05, 0) is 18.4 Å². The molecule has 0 heterocycles. The highest BCUT2D eigenvalue weighted by molar-refractivity contribution is 7.92. The third-order valence-electron chi connectivity index (χ3n) is 3.19. The Hall–Kier alpha value is -1.89. The van der Waals surface area contributed by atoms with Crippen LogP contribution in [0.3, 0.4) is 0 Å². The second kappa shape index (κ2) is 8.53. The Kier molecular flexibility index (Phi) is 7.04. The van der Waals surface area contributed by atoms with Gasteiger partial charge in [-0.25, -0.2) is 8.42 Å². The fourth-order valence-corrected chi connectivity index (χ4v) is 3.22. The Labute approximate surface area is 130 Å². The summed E-state index contributed by atoms with van der Waals surface area (Å²) in [5, 5.41) is 8.54. The molecule has 1 rings (SSSR count). The van der Waals surface area contributed by atoms with Crippen LogP contribution in [-0.2, 0) is 25.8 Å². The van der Waals surface area contributed by atoms with E-state index in [1.165, 1.54) is 7.05 Å². The van der Waals surface area contributed by atoms with Crippen molar-refractivity contribution in [2.24, 2.45) is 0 Å². The maximum atomic E-state index is 11.9. The summed E-state index contributed by atoms with van der Waals surface area (Å²) in [6, 6.07) is 9.54. The van der Waals surface area contributed by atoms with Crippen molar-refractivity contribution in [3.05, 3.63) is 35.9 Å². The molecule has 1 amide bonds. The Balaban J connectivity index is 2.39. The molecule has 0 radical (unpaired) electrons. The Bertz CT molecular complexity index is 598. The number of benzene rings is 1. The molecule has 0 spiro atoms. The molecule has 1 aromatic carbocycles. The van der Waals surface area contributed by atoms with Crippen molar-refractivity contribution in [3.63, 3.8) is 0 Å². The largest absolute Gasteiger partial charge is 0.481 e. The predicted octanol–water partition coefficient (Wildman–Crippen LogP) is 0.967. The van der Waals surface area contributed by atoms with Crippen LogP contribution in [0.1, 0.15) is 18.4 Å². The minimum absolute atomic E-state index is 0.00764. The molecule has 7 heteroatoms. The number of hydrogen-bond acceptors (Lipinski definition) is 4. The molecule has 22 heavy (non-hydrogen) atoms. The van der Waals surface area contributed by atoms with Crippen LogP contribution in [0, 0.1) is 0 Å². The van der Waals surface area contributed by atoms with Crippen LogP contribution in [0.25, 0.3) is 0 Å². The van der Waals surface area contributed by atoms with E-state index in [1.54, 1.807) is 0 Å². The number of aryl methyl sites for hydroxylation is 1. The highest BCUT2D eigenvalue weighted by atomic mass is 32.2. The first-order valence-corrected chi connectivity index (χ1v) is 8.82. The van der Waals surface area contributed by atoms with Crippen molar-refractivity contribution < 1.29 is 23.1 Å². The van der Waals surface area contributed by atoms with Gasteiger partial charge in [0.15, 0.2) is 9.84 Å². The van der Waals surface area contributed by atoms with Gasteiger partial charge in [0.2, 0.25) is 5.91 Å². The maximum absolute atomic E-state index is 11.9. The van der Waals surface area contributed by atoms with Gasteiger partial charge in [0.05, 0.1) is 12.2 Å². The predicted molar refractivity (Wildman–Crippen MR) is 83.3 cm³/mol. The summed E-state index contributed by atoms with van der Waals surface area (Å²) in [5.41, 5.74) is 1.06. The minimum Gasteiger partial charge on any atom is -0.481 e. The fraction of sp³-hybridized carbons (Fsp3) is 0.467. The van der Waals surface area contributed by atoms with E-state index in [4.69, 9.17) is 5.11 Å². The number of carbonyl (C=O) groups is 2. The first kappa shape index (κ1) is 18.2. The van der Waals surface area contributed by atoms with E-state index in [0.29, 0.717) is 12.8 Å². The molecule has 122 valence electrons. The molecular weight excluding hydrogens is 306 g/mol. The SMILES string of the molecule is CN(CCC(=O)O)C(=O)CS(=O)(=O)CCCc1ccccc1. The molecule has 0 aliphatic rings. The van der Waals surface area contributed by atoms with Gasteiger partial charge in [0.1, 0.15) is 5.75 Å². The number of hydrogen-bond donors (Lipinski definition) is 1. The summed E-state index contributed by atoms with van der Waals surface area (Å²) >= 11 is 0. The van der Waals surface area contributed by atoms with Gasteiger partial charge in [-0.15, -0.1) is 0 Å². The highest BCUT2D eigenvalue weighted by Gasteiger charge is 2.19. The lowest BCUT2D eigenvalue weighted by Gasteiger charge is -2.15. The van der Waals surface area contributed by atoms with Gasteiger partial charge in [-0.1, -0.05) is 30.3 Å². The minimum atomic E-state index is -3.47. The lowest BCUT2D eigenvalue weighted by Crippen LogP contribution is -2.34. The van der Waals surface area contributed by atoms with E-state index in [1.807, 2.05) is 30.3 Å².